The molecule has 0 aliphatic carbocycles. The summed E-state index contributed by atoms with van der Waals surface area (Å²) in [5, 5.41) is 13.7. The molecule has 112 valence electrons. The van der Waals surface area contributed by atoms with Crippen LogP contribution in [0.1, 0.15) is 39.7 Å². The Labute approximate surface area is 123 Å². The molecule has 1 aliphatic heterocycles. The molecular formula is C17H28N2O. The number of aliphatic hydroxyl groups is 1. The third-order valence-corrected chi connectivity index (χ3v) is 4.06. The van der Waals surface area contributed by atoms with E-state index in [1.807, 2.05) is 0 Å². The number of anilines is 1. The zero-order chi connectivity index (χ0) is 14.8. The zero-order valence-electron chi connectivity index (χ0n) is 13.2. The Morgan fingerprint density at radius 2 is 2.00 bits per heavy atom. The molecule has 0 bridgehead atoms. The van der Waals surface area contributed by atoms with Crippen LogP contribution in [0.4, 0.5) is 5.69 Å². The quantitative estimate of drug-likeness (QED) is 0.891. The lowest BCUT2D eigenvalue weighted by Crippen LogP contribution is -2.43. The van der Waals surface area contributed by atoms with E-state index >= 15 is 0 Å². The highest BCUT2D eigenvalue weighted by Crippen LogP contribution is 2.26. The van der Waals surface area contributed by atoms with Gasteiger partial charge >= 0.3 is 0 Å². The van der Waals surface area contributed by atoms with Gasteiger partial charge in [-0.1, -0.05) is 25.1 Å². The predicted molar refractivity (Wildman–Crippen MR) is 85.0 cm³/mol. The summed E-state index contributed by atoms with van der Waals surface area (Å²) in [6.45, 7) is 11.3. The van der Waals surface area contributed by atoms with Crippen molar-refractivity contribution >= 4 is 5.69 Å². The van der Waals surface area contributed by atoms with Gasteiger partial charge in [-0.05, 0) is 44.7 Å². The summed E-state index contributed by atoms with van der Waals surface area (Å²) in [6, 6.07) is 8.52. The van der Waals surface area contributed by atoms with Gasteiger partial charge in [0.1, 0.15) is 0 Å². The number of benzene rings is 1. The first kappa shape index (κ1) is 15.3. The second kappa shape index (κ2) is 6.15. The molecule has 0 aromatic heterocycles. The van der Waals surface area contributed by atoms with E-state index in [2.05, 4.69) is 62.2 Å². The minimum atomic E-state index is -0.215. The van der Waals surface area contributed by atoms with Crippen LogP contribution >= 0.6 is 0 Å². The Morgan fingerprint density at radius 1 is 1.30 bits per heavy atom. The molecule has 1 fully saturated rings. The summed E-state index contributed by atoms with van der Waals surface area (Å²) in [7, 11) is 0. The van der Waals surface area contributed by atoms with Crippen molar-refractivity contribution in [3.63, 3.8) is 0 Å². The van der Waals surface area contributed by atoms with E-state index < -0.39 is 0 Å². The van der Waals surface area contributed by atoms with Crippen molar-refractivity contribution < 1.29 is 5.11 Å². The first-order valence-corrected chi connectivity index (χ1v) is 7.63. The minimum Gasteiger partial charge on any atom is -0.391 e. The number of nitrogens with one attached hydrogen (secondary N) is 1. The van der Waals surface area contributed by atoms with Gasteiger partial charge in [-0.15, -0.1) is 0 Å². The third-order valence-electron chi connectivity index (χ3n) is 4.06. The summed E-state index contributed by atoms with van der Waals surface area (Å²) in [5.74, 6) is 0.408. The summed E-state index contributed by atoms with van der Waals surface area (Å²) in [6.07, 6.45) is 0.842. The first-order valence-electron chi connectivity index (χ1n) is 7.63. The average molecular weight is 276 g/mol. The highest BCUT2D eigenvalue weighted by Gasteiger charge is 2.25. The van der Waals surface area contributed by atoms with Crippen molar-refractivity contribution in [2.75, 3.05) is 18.0 Å². The van der Waals surface area contributed by atoms with E-state index in [0.29, 0.717) is 5.92 Å². The molecule has 0 spiro atoms. The predicted octanol–water partition coefficient (Wildman–Crippen LogP) is 2.78. The van der Waals surface area contributed by atoms with Crippen LogP contribution in [-0.2, 0) is 6.54 Å². The largest absolute Gasteiger partial charge is 0.391 e. The number of hydrogen-bond acceptors (Lipinski definition) is 3. The van der Waals surface area contributed by atoms with Gasteiger partial charge in [0.05, 0.1) is 6.10 Å². The zero-order valence-corrected chi connectivity index (χ0v) is 13.2. The second-order valence-corrected chi connectivity index (χ2v) is 7.01. The van der Waals surface area contributed by atoms with Crippen LogP contribution in [-0.4, -0.2) is 29.8 Å². The van der Waals surface area contributed by atoms with Gasteiger partial charge in [-0.3, -0.25) is 0 Å². The van der Waals surface area contributed by atoms with Gasteiger partial charge in [-0.2, -0.15) is 0 Å². The van der Waals surface area contributed by atoms with E-state index in [1.54, 1.807) is 0 Å². The maximum absolute atomic E-state index is 10.1. The molecule has 2 atom stereocenters. The Kier molecular flexibility index (Phi) is 4.71. The maximum atomic E-state index is 10.1. The molecule has 20 heavy (non-hydrogen) atoms. The number of piperidine rings is 1. The highest BCUT2D eigenvalue weighted by atomic mass is 16.3. The lowest BCUT2D eigenvalue weighted by atomic mass is 9.95. The number of para-hydroxylation sites is 1. The van der Waals surface area contributed by atoms with Crippen molar-refractivity contribution in [2.45, 2.75) is 52.3 Å². The van der Waals surface area contributed by atoms with Gasteiger partial charge in [0.25, 0.3) is 0 Å². The number of hydrogen-bond donors (Lipinski definition) is 2. The SMILES string of the molecule is CC1CCN(c2ccccc2CNC(C)(C)C)CC1O. The smallest absolute Gasteiger partial charge is 0.0741 e. The average Bonchev–Trinajstić information content (AvgIpc) is 2.39. The van der Waals surface area contributed by atoms with Gasteiger partial charge < -0.3 is 15.3 Å². The molecule has 3 nitrogen and oxygen atoms in total. The van der Waals surface area contributed by atoms with Crippen LogP contribution < -0.4 is 10.2 Å². The Hall–Kier alpha value is -1.06. The third kappa shape index (κ3) is 3.97. The van der Waals surface area contributed by atoms with Crippen molar-refractivity contribution in [1.29, 1.82) is 0 Å². The summed E-state index contributed by atoms with van der Waals surface area (Å²) >= 11 is 0. The fourth-order valence-corrected chi connectivity index (χ4v) is 2.60. The standard InChI is InChI=1S/C17H28N2O/c1-13-9-10-19(12-16(13)20)15-8-6-5-7-14(15)11-18-17(2,3)4/h5-8,13,16,18,20H,9-12H2,1-4H3. The molecule has 1 aromatic rings. The molecule has 1 heterocycles. The Morgan fingerprint density at radius 3 is 2.65 bits per heavy atom. The molecule has 0 radical (unpaired) electrons. The van der Waals surface area contributed by atoms with Gasteiger partial charge in [0.15, 0.2) is 0 Å². The molecule has 2 rings (SSSR count). The van der Waals surface area contributed by atoms with Crippen LogP contribution in [0.25, 0.3) is 0 Å². The normalized spacial score (nSPS) is 23.9. The van der Waals surface area contributed by atoms with Gasteiger partial charge in [0, 0.05) is 30.9 Å². The minimum absolute atomic E-state index is 0.114. The second-order valence-electron chi connectivity index (χ2n) is 7.01. The number of β-amino-alcohol motifs (C(OH)–C–C–N with tert-alkyl or cyclic N) is 1. The monoisotopic (exact) mass is 276 g/mol. The summed E-state index contributed by atoms with van der Waals surface area (Å²) in [5.41, 5.74) is 2.68. The molecular weight excluding hydrogens is 248 g/mol. The van der Waals surface area contributed by atoms with Crippen molar-refractivity contribution in [1.82, 2.24) is 5.32 Å². The van der Waals surface area contributed by atoms with Crippen molar-refractivity contribution in [3.8, 4) is 0 Å². The number of aliphatic hydroxyl groups excluding tert-OH is 1. The highest BCUT2D eigenvalue weighted by molar-refractivity contribution is 5.54. The summed E-state index contributed by atoms with van der Waals surface area (Å²) < 4.78 is 0. The maximum Gasteiger partial charge on any atom is 0.0741 e. The van der Waals surface area contributed by atoms with Gasteiger partial charge in [0.2, 0.25) is 0 Å². The van der Waals surface area contributed by atoms with Crippen LogP contribution in [0.5, 0.6) is 0 Å². The van der Waals surface area contributed by atoms with Gasteiger partial charge in [-0.25, -0.2) is 0 Å². The van der Waals surface area contributed by atoms with Crippen molar-refractivity contribution in [2.24, 2.45) is 5.92 Å². The molecule has 0 saturated carbocycles. The summed E-state index contributed by atoms with van der Waals surface area (Å²) in [4.78, 5) is 2.32. The molecule has 2 N–H and O–H groups in total. The number of nitrogens with zero attached hydrogens (tertiary/aromatic N) is 1. The van der Waals surface area contributed by atoms with Crippen LogP contribution in [0.3, 0.4) is 0 Å². The Balaban J connectivity index is 2.11. The van der Waals surface area contributed by atoms with E-state index in [9.17, 15) is 5.11 Å². The fourth-order valence-electron chi connectivity index (χ4n) is 2.60. The van der Waals surface area contributed by atoms with E-state index in [0.717, 1.165) is 26.1 Å². The molecule has 0 amide bonds. The lowest BCUT2D eigenvalue weighted by molar-refractivity contribution is 0.103. The molecule has 2 unspecified atom stereocenters. The van der Waals surface area contributed by atoms with Crippen molar-refractivity contribution in [3.05, 3.63) is 29.8 Å². The topological polar surface area (TPSA) is 35.5 Å². The first-order chi connectivity index (χ1) is 9.37. The number of rotatable bonds is 3. The fraction of sp³-hybridized carbons (Fsp3) is 0.647. The molecule has 3 heteroatoms. The van der Waals surface area contributed by atoms with E-state index in [1.165, 1.54) is 11.3 Å². The van der Waals surface area contributed by atoms with E-state index in [-0.39, 0.29) is 11.6 Å². The Bertz CT molecular complexity index is 439. The van der Waals surface area contributed by atoms with Crippen LogP contribution in [0.2, 0.25) is 0 Å². The van der Waals surface area contributed by atoms with Crippen LogP contribution in [0.15, 0.2) is 24.3 Å². The molecule has 1 aromatic carbocycles. The van der Waals surface area contributed by atoms with E-state index in [4.69, 9.17) is 0 Å². The molecule has 1 aliphatic rings. The lowest BCUT2D eigenvalue weighted by Gasteiger charge is -2.37. The molecule has 1 saturated heterocycles. The van der Waals surface area contributed by atoms with Crippen LogP contribution in [0, 0.1) is 5.92 Å².